The van der Waals surface area contributed by atoms with Crippen molar-refractivity contribution in [3.8, 4) is 0 Å². The molecule has 2 fully saturated rings. The predicted octanol–water partition coefficient (Wildman–Crippen LogP) is -1.06. The van der Waals surface area contributed by atoms with E-state index >= 15 is 0 Å². The fourth-order valence-corrected chi connectivity index (χ4v) is 4.58. The number of sulfone groups is 1. The maximum absolute atomic E-state index is 12.5. The van der Waals surface area contributed by atoms with Gasteiger partial charge in [-0.15, -0.1) is 12.4 Å². The Labute approximate surface area is 149 Å². The molecule has 2 saturated heterocycles. The average molecular weight is 384 g/mol. The number of hydrogen-bond donors (Lipinski definition) is 2. The third-order valence-electron chi connectivity index (χ3n) is 4.21. The van der Waals surface area contributed by atoms with Crippen LogP contribution in [-0.4, -0.2) is 81.1 Å². The Morgan fingerprint density at radius 3 is 2.62 bits per heavy atom. The lowest BCUT2D eigenvalue weighted by Crippen LogP contribution is -2.57. The highest BCUT2D eigenvalue weighted by Crippen LogP contribution is 2.11. The summed E-state index contributed by atoms with van der Waals surface area (Å²) in [6, 6.07) is -0.806. The Hall–Kier alpha value is -0.900. The van der Waals surface area contributed by atoms with E-state index in [4.69, 9.17) is 4.74 Å². The SMILES string of the molecule is CCN(CC(=O)NC1CCS(=O)(=O)C1)C(=O)[C@H]1NCCO[C@@H]1C.Cl. The van der Waals surface area contributed by atoms with E-state index in [1.54, 1.807) is 6.92 Å². The minimum Gasteiger partial charge on any atom is -0.375 e. The standard InChI is InChI=1S/C14H25N3O5S.ClH/c1-3-17(14(19)13-10(2)22-6-5-15-13)8-12(18)16-11-4-7-23(20,21)9-11;/h10-11,13,15H,3-9H2,1-2H3,(H,16,18);1H/t10-,11?,13+;/m1./s1. The summed E-state index contributed by atoms with van der Waals surface area (Å²) in [6.45, 7) is 5.13. The van der Waals surface area contributed by atoms with Gasteiger partial charge in [-0.2, -0.15) is 0 Å². The van der Waals surface area contributed by atoms with E-state index in [2.05, 4.69) is 10.6 Å². The largest absolute Gasteiger partial charge is 0.375 e. The van der Waals surface area contributed by atoms with E-state index in [-0.39, 0.29) is 54.4 Å². The van der Waals surface area contributed by atoms with Crippen molar-refractivity contribution in [2.45, 2.75) is 38.5 Å². The van der Waals surface area contributed by atoms with E-state index in [0.717, 1.165) is 0 Å². The van der Waals surface area contributed by atoms with Gasteiger partial charge in [-0.05, 0) is 20.3 Å². The monoisotopic (exact) mass is 383 g/mol. The van der Waals surface area contributed by atoms with Crippen LogP contribution < -0.4 is 10.6 Å². The number of amides is 2. The number of morpholine rings is 1. The van der Waals surface area contributed by atoms with Crippen molar-refractivity contribution in [2.75, 3.05) is 37.7 Å². The maximum atomic E-state index is 12.5. The van der Waals surface area contributed by atoms with Gasteiger partial charge in [-0.1, -0.05) is 0 Å². The molecule has 2 rings (SSSR count). The third kappa shape index (κ3) is 5.58. The van der Waals surface area contributed by atoms with Gasteiger partial charge in [-0.3, -0.25) is 9.59 Å². The Morgan fingerprint density at radius 1 is 1.38 bits per heavy atom. The molecule has 0 bridgehead atoms. The number of nitrogens with zero attached hydrogens (tertiary/aromatic N) is 1. The number of ether oxygens (including phenoxy) is 1. The van der Waals surface area contributed by atoms with Crippen LogP contribution in [0.5, 0.6) is 0 Å². The lowest BCUT2D eigenvalue weighted by Gasteiger charge is -2.33. The second kappa shape index (κ2) is 8.98. The molecule has 0 aromatic heterocycles. The first-order valence-electron chi connectivity index (χ1n) is 7.96. The lowest BCUT2D eigenvalue weighted by molar-refractivity contribution is -0.142. The molecule has 0 aromatic carbocycles. The Bertz CT molecular complexity index is 557. The smallest absolute Gasteiger partial charge is 0.242 e. The van der Waals surface area contributed by atoms with E-state index in [1.807, 2.05) is 6.92 Å². The molecule has 0 radical (unpaired) electrons. The molecule has 8 nitrogen and oxygen atoms in total. The summed E-state index contributed by atoms with van der Waals surface area (Å²) in [7, 11) is -3.04. The normalized spacial score (nSPS) is 28.7. The van der Waals surface area contributed by atoms with Crippen LogP contribution in [0.15, 0.2) is 0 Å². The summed E-state index contributed by atoms with van der Waals surface area (Å²) in [5, 5.41) is 5.82. The quantitative estimate of drug-likeness (QED) is 0.627. The lowest BCUT2D eigenvalue weighted by atomic mass is 10.1. The molecule has 3 atom stereocenters. The zero-order chi connectivity index (χ0) is 17.0. The van der Waals surface area contributed by atoms with Gasteiger partial charge in [0.15, 0.2) is 9.84 Å². The molecule has 0 aliphatic carbocycles. The van der Waals surface area contributed by atoms with Gasteiger partial charge in [0.25, 0.3) is 0 Å². The Morgan fingerprint density at radius 2 is 2.08 bits per heavy atom. The molecule has 0 aromatic rings. The van der Waals surface area contributed by atoms with Gasteiger partial charge in [0.2, 0.25) is 11.8 Å². The number of nitrogens with one attached hydrogen (secondary N) is 2. The first-order chi connectivity index (χ1) is 10.8. The molecular formula is C14H26ClN3O5S. The fraction of sp³-hybridized carbons (Fsp3) is 0.857. The molecule has 2 N–H and O–H groups in total. The minimum atomic E-state index is -3.04. The van der Waals surface area contributed by atoms with Crippen molar-refractivity contribution in [2.24, 2.45) is 0 Å². The number of hydrogen-bond acceptors (Lipinski definition) is 6. The molecule has 1 unspecified atom stereocenters. The molecule has 10 heteroatoms. The van der Waals surface area contributed by atoms with Gasteiger partial charge < -0.3 is 20.3 Å². The zero-order valence-electron chi connectivity index (χ0n) is 14.0. The van der Waals surface area contributed by atoms with Gasteiger partial charge in [0, 0.05) is 19.1 Å². The van der Waals surface area contributed by atoms with Crippen molar-refractivity contribution in [3.63, 3.8) is 0 Å². The molecule has 24 heavy (non-hydrogen) atoms. The Balaban J connectivity index is 0.00000288. The molecule has 0 saturated carbocycles. The molecule has 140 valence electrons. The van der Waals surface area contributed by atoms with Crippen molar-refractivity contribution < 1.29 is 22.7 Å². The summed E-state index contributed by atoms with van der Waals surface area (Å²) in [5.74, 6) is -0.413. The van der Waals surface area contributed by atoms with Gasteiger partial charge >= 0.3 is 0 Å². The second-order valence-electron chi connectivity index (χ2n) is 6.03. The van der Waals surface area contributed by atoms with Crippen molar-refractivity contribution in [1.82, 2.24) is 15.5 Å². The maximum Gasteiger partial charge on any atom is 0.242 e. The number of likely N-dealkylation sites (N-methyl/N-ethyl adjacent to an activating group) is 1. The number of rotatable bonds is 5. The van der Waals surface area contributed by atoms with Crippen LogP contribution in [0.2, 0.25) is 0 Å². The van der Waals surface area contributed by atoms with Crippen molar-refractivity contribution >= 4 is 34.1 Å². The van der Waals surface area contributed by atoms with Crippen LogP contribution >= 0.6 is 12.4 Å². The van der Waals surface area contributed by atoms with Crippen molar-refractivity contribution in [1.29, 1.82) is 0 Å². The van der Waals surface area contributed by atoms with Crippen LogP contribution in [-0.2, 0) is 24.2 Å². The first kappa shape index (κ1) is 21.1. The summed E-state index contributed by atoms with van der Waals surface area (Å²) in [5.41, 5.74) is 0. The molecule has 2 aliphatic rings. The molecular weight excluding hydrogens is 358 g/mol. The minimum absolute atomic E-state index is 0. The first-order valence-corrected chi connectivity index (χ1v) is 9.78. The highest BCUT2D eigenvalue weighted by Gasteiger charge is 2.33. The van der Waals surface area contributed by atoms with Crippen LogP contribution in [0.1, 0.15) is 20.3 Å². The van der Waals surface area contributed by atoms with Crippen molar-refractivity contribution in [3.05, 3.63) is 0 Å². The zero-order valence-corrected chi connectivity index (χ0v) is 15.6. The highest BCUT2D eigenvalue weighted by atomic mass is 35.5. The van der Waals surface area contributed by atoms with Gasteiger partial charge in [0.1, 0.15) is 6.04 Å². The summed E-state index contributed by atoms with van der Waals surface area (Å²) >= 11 is 0. The van der Waals surface area contributed by atoms with Gasteiger partial charge in [-0.25, -0.2) is 8.42 Å². The van der Waals surface area contributed by atoms with E-state index < -0.39 is 15.9 Å². The summed E-state index contributed by atoms with van der Waals surface area (Å²) in [6.07, 6.45) is 0.191. The summed E-state index contributed by atoms with van der Waals surface area (Å²) in [4.78, 5) is 26.1. The Kier molecular flexibility index (Phi) is 7.91. The van der Waals surface area contributed by atoms with Crippen LogP contribution in [0, 0.1) is 0 Å². The molecule has 2 amide bonds. The van der Waals surface area contributed by atoms with Crippen LogP contribution in [0.25, 0.3) is 0 Å². The molecule has 0 spiro atoms. The van der Waals surface area contributed by atoms with E-state index in [0.29, 0.717) is 26.1 Å². The number of carbonyl (C=O) groups is 2. The average Bonchev–Trinajstić information content (AvgIpc) is 2.83. The van der Waals surface area contributed by atoms with Crippen LogP contribution in [0.4, 0.5) is 0 Å². The van der Waals surface area contributed by atoms with Crippen LogP contribution in [0.3, 0.4) is 0 Å². The van der Waals surface area contributed by atoms with E-state index in [9.17, 15) is 18.0 Å². The van der Waals surface area contributed by atoms with E-state index in [1.165, 1.54) is 4.90 Å². The molecule has 2 aliphatic heterocycles. The third-order valence-corrected chi connectivity index (χ3v) is 5.98. The second-order valence-corrected chi connectivity index (χ2v) is 8.26. The molecule has 2 heterocycles. The van der Waals surface area contributed by atoms with Gasteiger partial charge in [0.05, 0.1) is 30.8 Å². The number of halogens is 1. The summed E-state index contributed by atoms with van der Waals surface area (Å²) < 4.78 is 28.3. The number of carbonyl (C=O) groups excluding carboxylic acids is 2. The fourth-order valence-electron chi connectivity index (χ4n) is 2.91. The topological polar surface area (TPSA) is 105 Å². The predicted molar refractivity (Wildman–Crippen MR) is 91.9 cm³/mol. The highest BCUT2D eigenvalue weighted by molar-refractivity contribution is 7.91.